The number of aromatic nitrogens is 1. The third-order valence-electron chi connectivity index (χ3n) is 3.19. The van der Waals surface area contributed by atoms with Gasteiger partial charge in [-0.05, 0) is 30.9 Å². The maximum Gasteiger partial charge on any atom is 0.244 e. The normalized spacial score (nSPS) is 15.6. The SMILES string of the molecule is CN(CCOCC1CC1)S(=O)(=O)c1ccc(NN)nc1. The second-order valence-electron chi connectivity index (χ2n) is 4.87. The van der Waals surface area contributed by atoms with Crippen molar-refractivity contribution in [1.29, 1.82) is 0 Å². The van der Waals surface area contributed by atoms with Crippen LogP contribution in [0.25, 0.3) is 0 Å². The van der Waals surface area contributed by atoms with Crippen LogP contribution >= 0.6 is 0 Å². The van der Waals surface area contributed by atoms with Crippen LogP contribution in [0.3, 0.4) is 0 Å². The molecule has 0 atom stereocenters. The van der Waals surface area contributed by atoms with Gasteiger partial charge in [0.25, 0.3) is 0 Å². The molecule has 3 N–H and O–H groups in total. The predicted molar refractivity (Wildman–Crippen MR) is 75.4 cm³/mol. The summed E-state index contributed by atoms with van der Waals surface area (Å²) < 4.78 is 31.2. The number of rotatable bonds is 8. The minimum Gasteiger partial charge on any atom is -0.380 e. The van der Waals surface area contributed by atoms with E-state index < -0.39 is 10.0 Å². The van der Waals surface area contributed by atoms with Crippen molar-refractivity contribution in [2.45, 2.75) is 17.7 Å². The average molecular weight is 300 g/mol. The zero-order valence-electron chi connectivity index (χ0n) is 11.4. The molecule has 1 aromatic rings. The molecule has 8 heteroatoms. The first-order valence-corrected chi connectivity index (χ1v) is 7.95. The molecule has 0 aliphatic heterocycles. The molecule has 0 aromatic carbocycles. The van der Waals surface area contributed by atoms with Crippen LogP contribution in [-0.2, 0) is 14.8 Å². The molecule has 1 saturated carbocycles. The smallest absolute Gasteiger partial charge is 0.244 e. The van der Waals surface area contributed by atoms with Gasteiger partial charge in [-0.1, -0.05) is 0 Å². The van der Waals surface area contributed by atoms with Crippen molar-refractivity contribution in [3.05, 3.63) is 18.3 Å². The van der Waals surface area contributed by atoms with Gasteiger partial charge in [0.2, 0.25) is 10.0 Å². The topological polar surface area (TPSA) is 97.5 Å². The molecule has 1 fully saturated rings. The van der Waals surface area contributed by atoms with Crippen molar-refractivity contribution in [3.63, 3.8) is 0 Å². The molecule has 2 rings (SSSR count). The number of ether oxygens (including phenoxy) is 1. The standard InChI is InChI=1S/C12H20N4O3S/c1-16(6-7-19-9-10-2-3-10)20(17,18)11-4-5-12(15-13)14-8-11/h4-5,8,10H,2-3,6-7,9,13H2,1H3,(H,14,15). The number of hydrogen-bond acceptors (Lipinski definition) is 6. The fourth-order valence-electron chi connectivity index (χ4n) is 1.65. The van der Waals surface area contributed by atoms with Crippen LogP contribution in [0.1, 0.15) is 12.8 Å². The molecule has 112 valence electrons. The summed E-state index contributed by atoms with van der Waals surface area (Å²) in [5.41, 5.74) is 2.35. The van der Waals surface area contributed by atoms with E-state index in [9.17, 15) is 8.42 Å². The molecule has 0 amide bonds. The lowest BCUT2D eigenvalue weighted by Gasteiger charge is -2.17. The summed E-state index contributed by atoms with van der Waals surface area (Å²) >= 11 is 0. The van der Waals surface area contributed by atoms with Crippen molar-refractivity contribution in [3.8, 4) is 0 Å². The molecular weight excluding hydrogens is 280 g/mol. The second-order valence-corrected chi connectivity index (χ2v) is 6.91. The first-order chi connectivity index (χ1) is 9.54. The quantitative estimate of drug-likeness (QED) is 0.410. The number of hydrogen-bond donors (Lipinski definition) is 2. The lowest BCUT2D eigenvalue weighted by atomic mass is 10.5. The summed E-state index contributed by atoms with van der Waals surface area (Å²) in [6, 6.07) is 2.99. The number of nitrogens with two attached hydrogens (primary N) is 1. The summed E-state index contributed by atoms with van der Waals surface area (Å²) in [5.74, 6) is 6.28. The van der Waals surface area contributed by atoms with E-state index in [1.807, 2.05) is 0 Å². The third kappa shape index (κ3) is 3.89. The summed E-state index contributed by atoms with van der Waals surface area (Å²) in [7, 11) is -1.99. The van der Waals surface area contributed by atoms with Crippen molar-refractivity contribution < 1.29 is 13.2 Å². The molecule has 0 radical (unpaired) electrons. The Morgan fingerprint density at radius 2 is 2.25 bits per heavy atom. The van der Waals surface area contributed by atoms with Crippen molar-refractivity contribution in [1.82, 2.24) is 9.29 Å². The van der Waals surface area contributed by atoms with Gasteiger partial charge in [-0.25, -0.2) is 19.2 Å². The Morgan fingerprint density at radius 1 is 1.50 bits per heavy atom. The largest absolute Gasteiger partial charge is 0.380 e. The molecule has 0 saturated heterocycles. The van der Waals surface area contributed by atoms with Crippen LogP contribution < -0.4 is 11.3 Å². The van der Waals surface area contributed by atoms with E-state index in [-0.39, 0.29) is 4.90 Å². The van der Waals surface area contributed by atoms with E-state index >= 15 is 0 Å². The van der Waals surface area contributed by atoms with Gasteiger partial charge in [-0.2, -0.15) is 4.31 Å². The number of nitrogens with one attached hydrogen (secondary N) is 1. The fraction of sp³-hybridized carbons (Fsp3) is 0.583. The minimum atomic E-state index is -3.53. The van der Waals surface area contributed by atoms with Crippen molar-refractivity contribution in [2.75, 3.05) is 32.2 Å². The fourth-order valence-corrected chi connectivity index (χ4v) is 2.75. The highest BCUT2D eigenvalue weighted by Crippen LogP contribution is 2.28. The Morgan fingerprint density at radius 3 is 2.80 bits per heavy atom. The Bertz CT molecular complexity index is 528. The van der Waals surface area contributed by atoms with Crippen LogP contribution in [0.4, 0.5) is 5.82 Å². The highest BCUT2D eigenvalue weighted by molar-refractivity contribution is 7.89. The summed E-state index contributed by atoms with van der Waals surface area (Å²) in [5, 5.41) is 0. The molecule has 0 bridgehead atoms. The van der Waals surface area contributed by atoms with Gasteiger partial charge in [0.1, 0.15) is 10.7 Å². The van der Waals surface area contributed by atoms with Gasteiger partial charge in [-0.3, -0.25) is 0 Å². The van der Waals surface area contributed by atoms with E-state index in [0.717, 1.165) is 6.61 Å². The Labute approximate surface area is 119 Å². The summed E-state index contributed by atoms with van der Waals surface area (Å²) in [6.07, 6.45) is 3.73. The molecular formula is C12H20N4O3S. The maximum atomic E-state index is 12.3. The lowest BCUT2D eigenvalue weighted by molar-refractivity contribution is 0.117. The van der Waals surface area contributed by atoms with E-state index in [0.29, 0.717) is 24.9 Å². The zero-order valence-corrected chi connectivity index (χ0v) is 12.3. The van der Waals surface area contributed by atoms with Crippen LogP contribution in [0.2, 0.25) is 0 Å². The first kappa shape index (κ1) is 15.2. The molecule has 0 unspecified atom stereocenters. The monoisotopic (exact) mass is 300 g/mol. The van der Waals surface area contributed by atoms with Gasteiger partial charge in [0, 0.05) is 26.4 Å². The van der Waals surface area contributed by atoms with E-state index in [1.165, 1.54) is 42.5 Å². The molecule has 1 aromatic heterocycles. The predicted octanol–water partition coefficient (Wildman–Crippen LogP) is 0.414. The van der Waals surface area contributed by atoms with E-state index in [1.54, 1.807) is 0 Å². The Balaban J connectivity index is 1.89. The summed E-state index contributed by atoms with van der Waals surface area (Å²) in [4.78, 5) is 4.04. The van der Waals surface area contributed by atoms with Gasteiger partial charge >= 0.3 is 0 Å². The van der Waals surface area contributed by atoms with Crippen LogP contribution in [0.15, 0.2) is 23.2 Å². The number of anilines is 1. The number of hydrazine groups is 1. The van der Waals surface area contributed by atoms with Gasteiger partial charge in [0.15, 0.2) is 0 Å². The number of sulfonamides is 1. The van der Waals surface area contributed by atoms with Gasteiger partial charge in [0.05, 0.1) is 6.61 Å². The second kappa shape index (κ2) is 6.49. The number of nitrogen functional groups attached to an aromatic ring is 1. The van der Waals surface area contributed by atoms with Gasteiger partial charge in [-0.15, -0.1) is 0 Å². The molecule has 1 aliphatic rings. The molecule has 0 spiro atoms. The summed E-state index contributed by atoms with van der Waals surface area (Å²) in [6.45, 7) is 1.46. The Hall–Kier alpha value is -1.22. The molecule has 7 nitrogen and oxygen atoms in total. The number of pyridine rings is 1. The van der Waals surface area contributed by atoms with Crippen LogP contribution in [-0.4, -0.2) is 44.5 Å². The first-order valence-electron chi connectivity index (χ1n) is 6.51. The van der Waals surface area contributed by atoms with Crippen molar-refractivity contribution in [2.24, 2.45) is 11.8 Å². The van der Waals surface area contributed by atoms with E-state index in [2.05, 4.69) is 10.4 Å². The number of nitrogens with zero attached hydrogens (tertiary/aromatic N) is 2. The minimum absolute atomic E-state index is 0.140. The van der Waals surface area contributed by atoms with Gasteiger partial charge < -0.3 is 10.2 Å². The third-order valence-corrected chi connectivity index (χ3v) is 5.03. The average Bonchev–Trinajstić information content (AvgIpc) is 3.27. The van der Waals surface area contributed by atoms with E-state index in [4.69, 9.17) is 10.6 Å². The highest BCUT2D eigenvalue weighted by atomic mass is 32.2. The van der Waals surface area contributed by atoms with Crippen LogP contribution in [0.5, 0.6) is 0 Å². The zero-order chi connectivity index (χ0) is 14.6. The number of likely N-dealkylation sites (N-methyl/N-ethyl adjacent to an activating group) is 1. The highest BCUT2D eigenvalue weighted by Gasteiger charge is 2.23. The van der Waals surface area contributed by atoms with Crippen LogP contribution in [0, 0.1) is 5.92 Å². The molecule has 1 aliphatic carbocycles. The van der Waals surface area contributed by atoms with Crippen molar-refractivity contribution >= 4 is 15.8 Å². The molecule has 1 heterocycles. The lowest BCUT2D eigenvalue weighted by Crippen LogP contribution is -2.30. The maximum absolute atomic E-state index is 12.3. The molecule has 20 heavy (non-hydrogen) atoms. The Kier molecular flexibility index (Phi) is 4.92.